The quantitative estimate of drug-likeness (QED) is 0.463. The van der Waals surface area contributed by atoms with E-state index in [1.165, 1.54) is 44.1 Å². The van der Waals surface area contributed by atoms with E-state index in [2.05, 4.69) is 22.8 Å². The van der Waals surface area contributed by atoms with Crippen LogP contribution in [0.15, 0.2) is 54.6 Å². The van der Waals surface area contributed by atoms with Gasteiger partial charge in [-0.25, -0.2) is 4.79 Å². The van der Waals surface area contributed by atoms with Crippen molar-refractivity contribution in [3.05, 3.63) is 65.7 Å². The Bertz CT molecular complexity index is 998. The average molecular weight is 475 g/mol. The van der Waals surface area contributed by atoms with Crippen molar-refractivity contribution in [3.63, 3.8) is 0 Å². The summed E-state index contributed by atoms with van der Waals surface area (Å²) in [6.07, 6.45) is 8.48. The summed E-state index contributed by atoms with van der Waals surface area (Å²) in [6.45, 7) is 4.16. The number of carbonyl (C=O) groups excluding carboxylic acids is 2. The molecule has 4 fully saturated rings. The highest BCUT2D eigenvalue weighted by Gasteiger charge is 2.51. The van der Waals surface area contributed by atoms with Gasteiger partial charge in [0.05, 0.1) is 0 Å². The molecule has 4 aliphatic rings. The van der Waals surface area contributed by atoms with Gasteiger partial charge in [-0.1, -0.05) is 62.7 Å². The number of benzene rings is 2. The van der Waals surface area contributed by atoms with Crippen molar-refractivity contribution in [3.8, 4) is 0 Å². The van der Waals surface area contributed by atoms with E-state index in [0.717, 1.165) is 35.4 Å². The lowest BCUT2D eigenvalue weighted by Gasteiger charge is -2.57. The molecular formula is C30H38N2O3. The number of hydrogen-bond donors (Lipinski definition) is 2. The maximum atomic E-state index is 13.1. The maximum Gasteiger partial charge on any atom is 0.408 e. The molecule has 0 unspecified atom stereocenters. The van der Waals surface area contributed by atoms with Crippen LogP contribution < -0.4 is 10.6 Å². The molecule has 2 amide bonds. The summed E-state index contributed by atoms with van der Waals surface area (Å²) in [6, 6.07) is 17.4. The lowest BCUT2D eigenvalue weighted by molar-refractivity contribution is -0.119. The first kappa shape index (κ1) is 23.9. The molecular weight excluding hydrogens is 436 g/mol. The number of hydrogen-bond acceptors (Lipinski definition) is 3. The third kappa shape index (κ3) is 5.24. The predicted molar refractivity (Wildman–Crippen MR) is 138 cm³/mol. The van der Waals surface area contributed by atoms with E-state index in [4.69, 9.17) is 4.74 Å². The largest absolute Gasteiger partial charge is 0.445 e. The highest BCUT2D eigenvalue weighted by molar-refractivity contribution is 5.96. The van der Waals surface area contributed by atoms with Crippen LogP contribution in [0.3, 0.4) is 0 Å². The Morgan fingerprint density at radius 3 is 2.11 bits per heavy atom. The second kappa shape index (κ2) is 10.0. The van der Waals surface area contributed by atoms with Gasteiger partial charge < -0.3 is 15.4 Å². The Labute approximate surface area is 209 Å². The smallest absolute Gasteiger partial charge is 0.408 e. The molecule has 5 heteroatoms. The fraction of sp³-hybridized carbons (Fsp3) is 0.533. The van der Waals surface area contributed by atoms with Gasteiger partial charge in [0, 0.05) is 5.69 Å². The van der Waals surface area contributed by atoms with Crippen LogP contribution in [0.25, 0.3) is 0 Å². The van der Waals surface area contributed by atoms with Crippen LogP contribution in [0.5, 0.6) is 0 Å². The number of ether oxygens (including phenoxy) is 1. The minimum atomic E-state index is -0.661. The Kier molecular flexibility index (Phi) is 6.86. The van der Waals surface area contributed by atoms with E-state index in [9.17, 15) is 9.59 Å². The van der Waals surface area contributed by atoms with Crippen LogP contribution in [0, 0.1) is 23.7 Å². The molecule has 6 rings (SSSR count). The first-order valence-corrected chi connectivity index (χ1v) is 13.3. The molecule has 2 N–H and O–H groups in total. The van der Waals surface area contributed by atoms with Crippen molar-refractivity contribution in [2.45, 2.75) is 76.9 Å². The number of rotatable bonds is 8. The van der Waals surface area contributed by atoms with Gasteiger partial charge in [-0.05, 0) is 90.9 Å². The Balaban J connectivity index is 1.21. The predicted octanol–water partition coefficient (Wildman–Crippen LogP) is 6.43. The van der Waals surface area contributed by atoms with Crippen molar-refractivity contribution in [1.29, 1.82) is 0 Å². The third-order valence-electron chi connectivity index (χ3n) is 8.78. The zero-order chi connectivity index (χ0) is 24.4. The molecule has 0 spiro atoms. The highest BCUT2D eigenvalue weighted by Crippen LogP contribution is 2.60. The molecule has 35 heavy (non-hydrogen) atoms. The minimum Gasteiger partial charge on any atom is -0.445 e. The molecule has 2 aromatic carbocycles. The number of alkyl carbamates (subject to hydrolysis) is 1. The standard InChI is InChI=1S/C30H38N2O3/c1-3-20(2)27(32-29(34)35-19-21-7-5-4-6-8-21)28(33)31-26-11-9-25(10-12-26)30-16-22-13-23(17-30)15-24(14-22)18-30/h4-12,20,22-24,27H,3,13-19H2,1-2H3,(H,31,33)(H,32,34)/t20-,22?,23?,24?,27-,30?/m1/s1. The molecule has 2 atom stereocenters. The van der Waals surface area contributed by atoms with E-state index in [0.29, 0.717) is 5.41 Å². The van der Waals surface area contributed by atoms with E-state index >= 15 is 0 Å². The highest BCUT2D eigenvalue weighted by atomic mass is 16.5. The number of carbonyl (C=O) groups is 2. The van der Waals surface area contributed by atoms with E-state index in [1.807, 2.05) is 56.3 Å². The molecule has 5 nitrogen and oxygen atoms in total. The zero-order valence-corrected chi connectivity index (χ0v) is 21.0. The zero-order valence-electron chi connectivity index (χ0n) is 21.0. The second-order valence-electron chi connectivity index (χ2n) is 11.3. The summed E-state index contributed by atoms with van der Waals surface area (Å²) in [5.41, 5.74) is 3.47. The summed E-state index contributed by atoms with van der Waals surface area (Å²) in [7, 11) is 0. The Morgan fingerprint density at radius 2 is 1.54 bits per heavy atom. The fourth-order valence-corrected chi connectivity index (χ4v) is 7.18. The van der Waals surface area contributed by atoms with Crippen LogP contribution in [-0.4, -0.2) is 18.0 Å². The van der Waals surface area contributed by atoms with Crippen molar-refractivity contribution in [2.75, 3.05) is 5.32 Å². The number of anilines is 1. The van der Waals surface area contributed by atoms with Gasteiger partial charge in [0.25, 0.3) is 0 Å². The van der Waals surface area contributed by atoms with Crippen LogP contribution in [-0.2, 0) is 21.6 Å². The molecule has 2 aromatic rings. The molecule has 0 heterocycles. The second-order valence-corrected chi connectivity index (χ2v) is 11.3. The molecule has 186 valence electrons. The van der Waals surface area contributed by atoms with Crippen LogP contribution in [0.4, 0.5) is 10.5 Å². The van der Waals surface area contributed by atoms with Gasteiger partial charge >= 0.3 is 6.09 Å². The van der Waals surface area contributed by atoms with E-state index in [1.54, 1.807) is 0 Å². The topological polar surface area (TPSA) is 67.4 Å². The van der Waals surface area contributed by atoms with Crippen molar-refractivity contribution >= 4 is 17.7 Å². The summed E-state index contributed by atoms with van der Waals surface area (Å²) < 4.78 is 5.36. The Morgan fingerprint density at radius 1 is 0.943 bits per heavy atom. The van der Waals surface area contributed by atoms with Gasteiger partial charge in [0.15, 0.2) is 0 Å². The first-order chi connectivity index (χ1) is 16.9. The molecule has 4 aliphatic carbocycles. The van der Waals surface area contributed by atoms with E-state index < -0.39 is 12.1 Å². The SMILES string of the molecule is CC[C@@H](C)[C@@H](NC(=O)OCc1ccccc1)C(=O)Nc1ccc(C23CC4CC(CC(C4)C2)C3)cc1. The van der Waals surface area contributed by atoms with Crippen molar-refractivity contribution in [1.82, 2.24) is 5.32 Å². The lowest BCUT2D eigenvalue weighted by atomic mass is 9.48. The van der Waals surface area contributed by atoms with Crippen molar-refractivity contribution < 1.29 is 14.3 Å². The third-order valence-corrected chi connectivity index (χ3v) is 8.78. The van der Waals surface area contributed by atoms with Gasteiger partial charge in [-0.3, -0.25) is 4.79 Å². The normalized spacial score (nSPS) is 28.2. The fourth-order valence-electron chi connectivity index (χ4n) is 7.18. The molecule has 4 saturated carbocycles. The molecule has 0 radical (unpaired) electrons. The summed E-state index contributed by atoms with van der Waals surface area (Å²) in [5.74, 6) is 2.49. The molecule has 0 aromatic heterocycles. The maximum absolute atomic E-state index is 13.1. The average Bonchev–Trinajstić information content (AvgIpc) is 2.85. The summed E-state index contributed by atoms with van der Waals surface area (Å²) in [5, 5.41) is 5.81. The lowest BCUT2D eigenvalue weighted by Crippen LogP contribution is -2.48. The summed E-state index contributed by atoms with van der Waals surface area (Å²) in [4.78, 5) is 25.6. The molecule has 4 bridgehead atoms. The van der Waals surface area contributed by atoms with Gasteiger partial charge in [-0.2, -0.15) is 0 Å². The van der Waals surface area contributed by atoms with Gasteiger partial charge in [-0.15, -0.1) is 0 Å². The Hall–Kier alpha value is -2.82. The van der Waals surface area contributed by atoms with E-state index in [-0.39, 0.29) is 18.4 Å². The first-order valence-electron chi connectivity index (χ1n) is 13.3. The van der Waals surface area contributed by atoms with Crippen molar-refractivity contribution in [2.24, 2.45) is 23.7 Å². The van der Waals surface area contributed by atoms with Crippen LogP contribution in [0.1, 0.15) is 69.9 Å². The monoisotopic (exact) mass is 474 g/mol. The molecule has 0 aliphatic heterocycles. The van der Waals surface area contributed by atoms with Crippen LogP contribution in [0.2, 0.25) is 0 Å². The van der Waals surface area contributed by atoms with Gasteiger partial charge in [0.1, 0.15) is 12.6 Å². The van der Waals surface area contributed by atoms with Gasteiger partial charge in [0.2, 0.25) is 5.91 Å². The summed E-state index contributed by atoms with van der Waals surface area (Å²) >= 11 is 0. The molecule has 0 saturated heterocycles. The number of amides is 2. The van der Waals surface area contributed by atoms with Crippen LogP contribution >= 0.6 is 0 Å². The minimum absolute atomic E-state index is 0.0226. The number of nitrogens with one attached hydrogen (secondary N) is 2.